The maximum absolute atomic E-state index is 12.4. The molecule has 0 aromatic carbocycles. The van der Waals surface area contributed by atoms with Gasteiger partial charge < -0.3 is 20.1 Å². The number of carbonyl (C=O) groups is 2. The van der Waals surface area contributed by atoms with E-state index in [4.69, 9.17) is 24.3 Å². The highest BCUT2D eigenvalue weighted by Gasteiger charge is 2.25. The van der Waals surface area contributed by atoms with Gasteiger partial charge in [0.1, 0.15) is 6.61 Å². The van der Waals surface area contributed by atoms with E-state index in [-0.39, 0.29) is 38.6 Å². The standard InChI is InChI=1S/C31H62NO8P/c1-27(2)19-15-11-7-5-9-13-17-21-30(33)37-25-29(26-39-41(35,36)38-24-23-32)40-31(34)22-18-14-10-6-8-12-16-20-28(3)4/h27-29H,5-26,32H2,1-4H3,(H,35,36)/t29-/m1/s1. The highest BCUT2D eigenvalue weighted by Crippen LogP contribution is 2.43. The highest BCUT2D eigenvalue weighted by atomic mass is 31.2. The van der Waals surface area contributed by atoms with E-state index in [0.717, 1.165) is 50.4 Å². The van der Waals surface area contributed by atoms with E-state index in [0.29, 0.717) is 6.42 Å². The van der Waals surface area contributed by atoms with Gasteiger partial charge in [0, 0.05) is 19.4 Å². The second kappa shape index (κ2) is 26.6. The molecular weight excluding hydrogens is 545 g/mol. The number of carbonyl (C=O) groups excluding carboxylic acids is 2. The molecule has 0 radical (unpaired) electrons. The third-order valence-electron chi connectivity index (χ3n) is 6.85. The van der Waals surface area contributed by atoms with Crippen molar-refractivity contribution in [3.05, 3.63) is 0 Å². The summed E-state index contributed by atoms with van der Waals surface area (Å²) in [6.45, 7) is 8.23. The van der Waals surface area contributed by atoms with Crippen LogP contribution in [-0.2, 0) is 32.7 Å². The Morgan fingerprint density at radius 1 is 0.659 bits per heavy atom. The molecule has 244 valence electrons. The van der Waals surface area contributed by atoms with Crippen LogP contribution in [0.15, 0.2) is 0 Å². The smallest absolute Gasteiger partial charge is 0.462 e. The van der Waals surface area contributed by atoms with Gasteiger partial charge in [-0.2, -0.15) is 0 Å². The molecule has 0 saturated heterocycles. The van der Waals surface area contributed by atoms with Crippen LogP contribution >= 0.6 is 7.82 Å². The molecule has 2 atom stereocenters. The molecule has 0 aromatic rings. The highest BCUT2D eigenvalue weighted by molar-refractivity contribution is 7.47. The molecule has 0 aliphatic carbocycles. The molecule has 1 unspecified atom stereocenters. The summed E-state index contributed by atoms with van der Waals surface area (Å²) < 4.78 is 32.4. The second-order valence-electron chi connectivity index (χ2n) is 12.0. The third-order valence-corrected chi connectivity index (χ3v) is 7.83. The molecule has 3 N–H and O–H groups in total. The normalized spacial score (nSPS) is 13.9. The van der Waals surface area contributed by atoms with Crippen molar-refractivity contribution in [1.82, 2.24) is 0 Å². The maximum atomic E-state index is 12.4. The lowest BCUT2D eigenvalue weighted by atomic mass is 10.0. The first-order valence-electron chi connectivity index (χ1n) is 16.2. The minimum Gasteiger partial charge on any atom is -0.462 e. The van der Waals surface area contributed by atoms with Crippen molar-refractivity contribution in [3.63, 3.8) is 0 Å². The lowest BCUT2D eigenvalue weighted by Crippen LogP contribution is -2.29. The molecule has 0 saturated carbocycles. The molecule has 0 heterocycles. The molecule has 0 aliphatic heterocycles. The molecule has 41 heavy (non-hydrogen) atoms. The molecule has 0 fully saturated rings. The first kappa shape index (κ1) is 40.0. The van der Waals surface area contributed by atoms with Crippen molar-refractivity contribution in [2.45, 2.75) is 149 Å². The van der Waals surface area contributed by atoms with Crippen LogP contribution < -0.4 is 5.73 Å². The summed E-state index contributed by atoms with van der Waals surface area (Å²) in [4.78, 5) is 34.4. The number of hydrogen-bond acceptors (Lipinski definition) is 8. The number of rotatable bonds is 29. The van der Waals surface area contributed by atoms with E-state index in [1.807, 2.05) is 0 Å². The molecule has 0 amide bonds. The predicted molar refractivity (Wildman–Crippen MR) is 164 cm³/mol. The van der Waals surface area contributed by atoms with Gasteiger partial charge in [0.25, 0.3) is 0 Å². The summed E-state index contributed by atoms with van der Waals surface area (Å²) in [5.74, 6) is 0.682. The Morgan fingerprint density at radius 2 is 1.10 bits per heavy atom. The quantitative estimate of drug-likeness (QED) is 0.0495. The molecule has 9 nitrogen and oxygen atoms in total. The Kier molecular flexibility index (Phi) is 26.0. The van der Waals surface area contributed by atoms with Crippen molar-refractivity contribution in [3.8, 4) is 0 Å². The number of nitrogens with two attached hydrogens (primary N) is 1. The van der Waals surface area contributed by atoms with Crippen LogP contribution in [0.2, 0.25) is 0 Å². The topological polar surface area (TPSA) is 134 Å². The Morgan fingerprint density at radius 3 is 1.56 bits per heavy atom. The molecule has 0 aliphatic rings. The Balaban J connectivity index is 4.32. The molecule has 0 rings (SSSR count). The SMILES string of the molecule is CC(C)CCCCCCCCCC(=O)OC[C@H](COP(=O)(O)OCCN)OC(=O)CCCCCCCCCC(C)C. The summed E-state index contributed by atoms with van der Waals surface area (Å²) in [5, 5.41) is 0. The van der Waals surface area contributed by atoms with Gasteiger partial charge in [-0.25, -0.2) is 4.57 Å². The number of hydrogen-bond donors (Lipinski definition) is 2. The van der Waals surface area contributed by atoms with E-state index >= 15 is 0 Å². The Labute approximate surface area is 250 Å². The zero-order valence-corrected chi connectivity index (χ0v) is 27.5. The average Bonchev–Trinajstić information content (AvgIpc) is 2.91. The van der Waals surface area contributed by atoms with Crippen molar-refractivity contribution in [2.24, 2.45) is 17.6 Å². The number of esters is 2. The van der Waals surface area contributed by atoms with Crippen molar-refractivity contribution >= 4 is 19.8 Å². The minimum atomic E-state index is -4.35. The van der Waals surface area contributed by atoms with E-state index in [2.05, 4.69) is 27.7 Å². The van der Waals surface area contributed by atoms with E-state index < -0.39 is 26.5 Å². The van der Waals surface area contributed by atoms with Gasteiger partial charge in [-0.15, -0.1) is 0 Å². The van der Waals surface area contributed by atoms with Crippen molar-refractivity contribution in [2.75, 3.05) is 26.4 Å². The van der Waals surface area contributed by atoms with Crippen LogP contribution in [0.4, 0.5) is 0 Å². The number of unbranched alkanes of at least 4 members (excludes halogenated alkanes) is 12. The van der Waals surface area contributed by atoms with E-state index in [9.17, 15) is 19.0 Å². The first-order chi connectivity index (χ1) is 19.6. The predicted octanol–water partition coefficient (Wildman–Crippen LogP) is 7.87. The lowest BCUT2D eigenvalue weighted by molar-refractivity contribution is -0.161. The monoisotopic (exact) mass is 607 g/mol. The van der Waals surface area contributed by atoms with Gasteiger partial charge in [-0.1, -0.05) is 118 Å². The van der Waals surface area contributed by atoms with Gasteiger partial charge in [0.2, 0.25) is 0 Å². The molecule has 0 spiro atoms. The van der Waals surface area contributed by atoms with Crippen LogP contribution in [0.25, 0.3) is 0 Å². The number of ether oxygens (including phenoxy) is 2. The van der Waals surface area contributed by atoms with Crippen LogP contribution in [-0.4, -0.2) is 49.3 Å². The summed E-state index contributed by atoms with van der Waals surface area (Å²) >= 11 is 0. The van der Waals surface area contributed by atoms with Gasteiger partial charge in [0.05, 0.1) is 13.2 Å². The van der Waals surface area contributed by atoms with E-state index in [1.165, 1.54) is 57.8 Å². The minimum absolute atomic E-state index is 0.0556. The zero-order valence-electron chi connectivity index (χ0n) is 26.6. The third kappa shape index (κ3) is 28.9. The van der Waals surface area contributed by atoms with Gasteiger partial charge >= 0.3 is 19.8 Å². The van der Waals surface area contributed by atoms with Crippen LogP contribution in [0, 0.1) is 11.8 Å². The number of phosphoric acid groups is 1. The fourth-order valence-electron chi connectivity index (χ4n) is 4.41. The van der Waals surface area contributed by atoms with Crippen LogP contribution in [0.5, 0.6) is 0 Å². The summed E-state index contributed by atoms with van der Waals surface area (Å²) in [6, 6.07) is 0. The summed E-state index contributed by atoms with van der Waals surface area (Å²) in [6.07, 6.45) is 17.4. The van der Waals surface area contributed by atoms with Gasteiger partial charge in [0.15, 0.2) is 6.10 Å². The zero-order chi connectivity index (χ0) is 30.8. The van der Waals surface area contributed by atoms with Crippen molar-refractivity contribution < 1.29 is 37.6 Å². The summed E-state index contributed by atoms with van der Waals surface area (Å²) in [7, 11) is -4.35. The molecule has 10 heteroatoms. The van der Waals surface area contributed by atoms with Crippen molar-refractivity contribution in [1.29, 1.82) is 0 Å². The van der Waals surface area contributed by atoms with Gasteiger partial charge in [-0.3, -0.25) is 18.6 Å². The molecule has 0 aromatic heterocycles. The van der Waals surface area contributed by atoms with E-state index in [1.54, 1.807) is 0 Å². The lowest BCUT2D eigenvalue weighted by Gasteiger charge is -2.19. The van der Waals surface area contributed by atoms with Crippen LogP contribution in [0.1, 0.15) is 143 Å². The Hall–Kier alpha value is -0.990. The van der Waals surface area contributed by atoms with Gasteiger partial charge in [-0.05, 0) is 24.7 Å². The van der Waals surface area contributed by atoms with Crippen LogP contribution in [0.3, 0.4) is 0 Å². The second-order valence-corrected chi connectivity index (χ2v) is 13.4. The molecule has 0 bridgehead atoms. The largest absolute Gasteiger partial charge is 0.472 e. The summed E-state index contributed by atoms with van der Waals surface area (Å²) in [5.41, 5.74) is 5.30. The molecular formula is C31H62NO8P. The Bertz CT molecular complexity index is 689. The average molecular weight is 608 g/mol. The maximum Gasteiger partial charge on any atom is 0.472 e. The fourth-order valence-corrected chi connectivity index (χ4v) is 5.18. The number of phosphoric ester groups is 1. The first-order valence-corrected chi connectivity index (χ1v) is 17.7. The fraction of sp³-hybridized carbons (Fsp3) is 0.935.